The number of carbonyl (C=O) groups is 2. The van der Waals surface area contributed by atoms with Gasteiger partial charge in [-0.25, -0.2) is 4.79 Å². The first-order chi connectivity index (χ1) is 13.6. The van der Waals surface area contributed by atoms with Crippen LogP contribution in [0.2, 0.25) is 0 Å². The van der Waals surface area contributed by atoms with Crippen molar-refractivity contribution in [1.29, 1.82) is 0 Å². The third-order valence-corrected chi connectivity index (χ3v) is 4.93. The van der Waals surface area contributed by atoms with E-state index in [9.17, 15) is 9.59 Å². The molecule has 1 atom stereocenters. The molecule has 0 heterocycles. The number of hydrogen-bond acceptors (Lipinski definition) is 4. The fraction of sp³-hybridized carbons (Fsp3) is 0.391. The third kappa shape index (κ3) is 5.84. The maximum Gasteiger partial charge on any atom is 0.344 e. The lowest BCUT2D eigenvalue weighted by Gasteiger charge is -2.17. The number of hydrogen-bond donors (Lipinski definition) is 1. The van der Waals surface area contributed by atoms with Gasteiger partial charge in [0, 0.05) is 12.5 Å². The molecule has 0 aliphatic heterocycles. The Kier molecular flexibility index (Phi) is 7.06. The molecule has 1 unspecified atom stereocenters. The van der Waals surface area contributed by atoms with Gasteiger partial charge in [0.25, 0.3) is 5.91 Å². The third-order valence-electron chi connectivity index (χ3n) is 4.93. The van der Waals surface area contributed by atoms with E-state index in [1.165, 1.54) is 5.56 Å². The van der Waals surface area contributed by atoms with Gasteiger partial charge in [0.1, 0.15) is 5.75 Å². The van der Waals surface area contributed by atoms with Gasteiger partial charge in [0.2, 0.25) is 0 Å². The van der Waals surface area contributed by atoms with Crippen molar-refractivity contribution in [3.8, 4) is 5.75 Å². The number of carbonyl (C=O) groups excluding carboxylic acids is 2. The predicted molar refractivity (Wildman–Crippen MR) is 107 cm³/mol. The van der Waals surface area contributed by atoms with Crippen LogP contribution in [0.5, 0.6) is 5.75 Å². The average Bonchev–Trinajstić information content (AvgIpc) is 3.21. The van der Waals surface area contributed by atoms with E-state index in [0.29, 0.717) is 12.2 Å². The van der Waals surface area contributed by atoms with Crippen LogP contribution in [0.25, 0.3) is 0 Å². The molecule has 3 rings (SSSR count). The number of para-hydroxylation sites is 1. The van der Waals surface area contributed by atoms with Crippen molar-refractivity contribution in [2.24, 2.45) is 0 Å². The van der Waals surface area contributed by atoms with Gasteiger partial charge in [-0.2, -0.15) is 0 Å². The Morgan fingerprint density at radius 3 is 2.46 bits per heavy atom. The molecule has 1 aliphatic rings. The van der Waals surface area contributed by atoms with E-state index < -0.39 is 12.1 Å². The minimum atomic E-state index is -0.823. The first-order valence-electron chi connectivity index (χ1n) is 9.86. The first kappa shape index (κ1) is 19.9. The van der Waals surface area contributed by atoms with Gasteiger partial charge < -0.3 is 14.8 Å². The molecule has 1 N–H and O–H groups in total. The number of nitrogens with one attached hydrogen (secondary N) is 1. The summed E-state index contributed by atoms with van der Waals surface area (Å²) in [5.41, 5.74) is 2.16. The van der Waals surface area contributed by atoms with Gasteiger partial charge in [-0.05, 0) is 37.0 Å². The molecular formula is C23H27NO4. The molecular weight excluding hydrogens is 354 g/mol. The topological polar surface area (TPSA) is 64.6 Å². The summed E-state index contributed by atoms with van der Waals surface area (Å²) in [6.07, 6.45) is 4.15. The van der Waals surface area contributed by atoms with Crippen LogP contribution in [0.3, 0.4) is 0 Å². The quantitative estimate of drug-likeness (QED) is 0.709. The molecule has 0 bridgehead atoms. The summed E-state index contributed by atoms with van der Waals surface area (Å²) >= 11 is 0. The second-order valence-electron chi connectivity index (χ2n) is 7.18. The smallest absolute Gasteiger partial charge is 0.344 e. The van der Waals surface area contributed by atoms with Crippen LogP contribution in [-0.4, -0.2) is 30.6 Å². The lowest BCUT2D eigenvalue weighted by molar-refractivity contribution is -0.156. The normalized spacial score (nSPS) is 15.0. The molecule has 1 aliphatic carbocycles. The average molecular weight is 381 g/mol. The van der Waals surface area contributed by atoms with Gasteiger partial charge in [0.05, 0.1) is 0 Å². The second kappa shape index (κ2) is 9.93. The zero-order valence-corrected chi connectivity index (χ0v) is 16.2. The minimum Gasteiger partial charge on any atom is -0.482 e. The first-order valence-corrected chi connectivity index (χ1v) is 9.86. The standard InChI is InChI=1S/C23H27NO4/c1-17(23(26)24-20-12-6-7-13-20)28-22(25)16-27-21-14-8-5-11-19(21)15-18-9-3-2-4-10-18/h2-5,8-11,14,17,20H,6-7,12-13,15-16H2,1H3,(H,24,26). The van der Waals surface area contributed by atoms with E-state index in [1.807, 2.05) is 42.5 Å². The molecule has 2 aromatic carbocycles. The molecule has 0 spiro atoms. The summed E-state index contributed by atoms with van der Waals surface area (Å²) in [6, 6.07) is 17.9. The van der Waals surface area contributed by atoms with Crippen LogP contribution in [0, 0.1) is 0 Å². The zero-order chi connectivity index (χ0) is 19.8. The largest absolute Gasteiger partial charge is 0.482 e. The number of rotatable bonds is 8. The molecule has 0 saturated heterocycles. The lowest BCUT2D eigenvalue weighted by atomic mass is 10.0. The highest BCUT2D eigenvalue weighted by atomic mass is 16.6. The van der Waals surface area contributed by atoms with Crippen LogP contribution in [0.15, 0.2) is 54.6 Å². The van der Waals surface area contributed by atoms with E-state index in [1.54, 1.807) is 6.92 Å². The van der Waals surface area contributed by atoms with Crippen LogP contribution in [0.1, 0.15) is 43.7 Å². The fourth-order valence-electron chi connectivity index (χ4n) is 3.42. The summed E-state index contributed by atoms with van der Waals surface area (Å²) in [5, 5.41) is 2.94. The van der Waals surface area contributed by atoms with E-state index in [0.717, 1.165) is 31.2 Å². The summed E-state index contributed by atoms with van der Waals surface area (Å²) in [4.78, 5) is 24.2. The molecule has 0 aromatic heterocycles. The highest BCUT2D eigenvalue weighted by Gasteiger charge is 2.23. The van der Waals surface area contributed by atoms with Gasteiger partial charge in [-0.15, -0.1) is 0 Å². The van der Waals surface area contributed by atoms with E-state index in [2.05, 4.69) is 17.4 Å². The molecule has 1 fully saturated rings. The van der Waals surface area contributed by atoms with E-state index in [-0.39, 0.29) is 18.6 Å². The number of ether oxygens (including phenoxy) is 2. The van der Waals surface area contributed by atoms with Crippen molar-refractivity contribution in [3.05, 3.63) is 65.7 Å². The summed E-state index contributed by atoms with van der Waals surface area (Å²) < 4.78 is 10.9. The van der Waals surface area contributed by atoms with Gasteiger partial charge in [0.15, 0.2) is 12.7 Å². The Balaban J connectivity index is 1.49. The molecule has 1 amide bonds. The second-order valence-corrected chi connectivity index (χ2v) is 7.18. The SMILES string of the molecule is CC(OC(=O)COc1ccccc1Cc1ccccc1)C(=O)NC1CCCC1. The Hall–Kier alpha value is -2.82. The van der Waals surface area contributed by atoms with Crippen LogP contribution >= 0.6 is 0 Å². The molecule has 148 valence electrons. The van der Waals surface area contributed by atoms with Crippen molar-refractivity contribution in [2.75, 3.05) is 6.61 Å². The van der Waals surface area contributed by atoms with Crippen molar-refractivity contribution < 1.29 is 19.1 Å². The number of amides is 1. The molecule has 5 nitrogen and oxygen atoms in total. The number of esters is 1. The lowest BCUT2D eigenvalue weighted by Crippen LogP contribution is -2.41. The van der Waals surface area contributed by atoms with E-state index >= 15 is 0 Å². The van der Waals surface area contributed by atoms with Gasteiger partial charge in [-0.1, -0.05) is 61.4 Å². The van der Waals surface area contributed by atoms with Crippen molar-refractivity contribution in [2.45, 2.75) is 51.2 Å². The van der Waals surface area contributed by atoms with Crippen LogP contribution < -0.4 is 10.1 Å². The monoisotopic (exact) mass is 381 g/mol. The Morgan fingerprint density at radius 2 is 1.71 bits per heavy atom. The Bertz CT molecular complexity index is 784. The van der Waals surface area contributed by atoms with Gasteiger partial charge >= 0.3 is 5.97 Å². The van der Waals surface area contributed by atoms with Crippen LogP contribution in [0.4, 0.5) is 0 Å². The van der Waals surface area contributed by atoms with Crippen LogP contribution in [-0.2, 0) is 20.7 Å². The number of benzene rings is 2. The minimum absolute atomic E-state index is 0.203. The molecule has 28 heavy (non-hydrogen) atoms. The molecule has 5 heteroatoms. The summed E-state index contributed by atoms with van der Waals surface area (Å²) in [5.74, 6) is -0.153. The fourth-order valence-corrected chi connectivity index (χ4v) is 3.42. The Morgan fingerprint density at radius 1 is 1.04 bits per heavy atom. The summed E-state index contributed by atoms with van der Waals surface area (Å²) in [6.45, 7) is 1.36. The van der Waals surface area contributed by atoms with Gasteiger partial charge in [-0.3, -0.25) is 4.79 Å². The van der Waals surface area contributed by atoms with Crippen molar-refractivity contribution >= 4 is 11.9 Å². The maximum absolute atomic E-state index is 12.1. The predicted octanol–water partition coefficient (Wildman–Crippen LogP) is 3.65. The molecule has 0 radical (unpaired) electrons. The summed E-state index contributed by atoms with van der Waals surface area (Å²) in [7, 11) is 0. The molecule has 1 saturated carbocycles. The highest BCUT2D eigenvalue weighted by molar-refractivity contribution is 5.83. The molecule has 2 aromatic rings. The Labute approximate surface area is 166 Å². The zero-order valence-electron chi connectivity index (χ0n) is 16.2. The highest BCUT2D eigenvalue weighted by Crippen LogP contribution is 2.21. The van der Waals surface area contributed by atoms with E-state index in [4.69, 9.17) is 9.47 Å². The van der Waals surface area contributed by atoms with Crippen molar-refractivity contribution in [3.63, 3.8) is 0 Å². The van der Waals surface area contributed by atoms with Crippen molar-refractivity contribution in [1.82, 2.24) is 5.32 Å². The maximum atomic E-state index is 12.1.